The van der Waals surface area contributed by atoms with Gasteiger partial charge in [0.2, 0.25) is 11.7 Å². The molecule has 0 bridgehead atoms. The summed E-state index contributed by atoms with van der Waals surface area (Å²) in [6, 6.07) is 19.3. The van der Waals surface area contributed by atoms with Crippen molar-refractivity contribution in [3.63, 3.8) is 0 Å². The molecule has 1 unspecified atom stereocenters. The third-order valence-electron chi connectivity index (χ3n) is 6.23. The summed E-state index contributed by atoms with van der Waals surface area (Å²) < 4.78 is 8.71. The minimum atomic E-state index is -0.220. The first-order valence-corrected chi connectivity index (χ1v) is 11.6. The van der Waals surface area contributed by atoms with Crippen LogP contribution >= 0.6 is 0 Å². The molecule has 174 valence electrons. The second-order valence-electron chi connectivity index (χ2n) is 8.57. The van der Waals surface area contributed by atoms with E-state index in [1.165, 1.54) is 4.52 Å². The minimum absolute atomic E-state index is 0.0387. The average molecular weight is 458 g/mol. The third-order valence-corrected chi connectivity index (χ3v) is 6.23. The fraction of sp³-hybridized carbons (Fsp3) is 0.308. The number of ether oxygens (including phenoxy) is 1. The van der Waals surface area contributed by atoms with Crippen LogP contribution in [0, 0.1) is 6.92 Å². The highest BCUT2D eigenvalue weighted by Gasteiger charge is 2.21. The van der Waals surface area contributed by atoms with E-state index in [1.54, 1.807) is 4.57 Å². The van der Waals surface area contributed by atoms with E-state index in [9.17, 15) is 9.59 Å². The lowest BCUT2D eigenvalue weighted by molar-refractivity contribution is -0.122. The van der Waals surface area contributed by atoms with Crippen LogP contribution in [0.5, 0.6) is 0 Å². The SMILES string of the molecule is Cc1c(Cc2ccccc2)c(=O)n2nc(-c3ccccc3)nc2n1CC(=O)NCC1CCCO1. The molecule has 8 nitrogen and oxygen atoms in total. The van der Waals surface area contributed by atoms with Crippen molar-refractivity contribution in [2.75, 3.05) is 13.2 Å². The molecule has 1 aliphatic rings. The molecule has 0 radical (unpaired) electrons. The molecule has 0 spiro atoms. The lowest BCUT2D eigenvalue weighted by Gasteiger charge is -2.16. The lowest BCUT2D eigenvalue weighted by atomic mass is 10.0. The first-order valence-electron chi connectivity index (χ1n) is 11.6. The molecule has 0 aliphatic carbocycles. The van der Waals surface area contributed by atoms with Gasteiger partial charge in [-0.25, -0.2) is 0 Å². The zero-order valence-corrected chi connectivity index (χ0v) is 19.1. The van der Waals surface area contributed by atoms with Gasteiger partial charge < -0.3 is 14.6 Å². The number of fused-ring (bicyclic) bond motifs is 1. The Kier molecular flexibility index (Phi) is 6.22. The summed E-state index contributed by atoms with van der Waals surface area (Å²) in [7, 11) is 0. The molecule has 1 saturated heterocycles. The summed E-state index contributed by atoms with van der Waals surface area (Å²) in [6.07, 6.45) is 2.48. The number of amides is 1. The summed E-state index contributed by atoms with van der Waals surface area (Å²) >= 11 is 0. The van der Waals surface area contributed by atoms with Crippen LogP contribution in [0.25, 0.3) is 17.2 Å². The minimum Gasteiger partial charge on any atom is -0.376 e. The predicted molar refractivity (Wildman–Crippen MR) is 129 cm³/mol. The second kappa shape index (κ2) is 9.61. The van der Waals surface area contributed by atoms with Crippen LogP contribution in [0.4, 0.5) is 0 Å². The number of hydrogen-bond acceptors (Lipinski definition) is 5. The number of rotatable bonds is 7. The van der Waals surface area contributed by atoms with Gasteiger partial charge in [0.05, 0.1) is 6.10 Å². The first kappa shape index (κ1) is 22.0. The summed E-state index contributed by atoms with van der Waals surface area (Å²) in [5.74, 6) is 0.645. The molecule has 5 rings (SSSR count). The van der Waals surface area contributed by atoms with Crippen molar-refractivity contribution in [2.45, 2.75) is 38.8 Å². The van der Waals surface area contributed by atoms with Crippen molar-refractivity contribution in [2.24, 2.45) is 0 Å². The summed E-state index contributed by atoms with van der Waals surface area (Å²) in [5.41, 5.74) is 2.90. The number of carbonyl (C=O) groups is 1. The molecular formula is C26H27N5O3. The monoisotopic (exact) mass is 457 g/mol. The number of nitrogens with one attached hydrogen (secondary N) is 1. The van der Waals surface area contributed by atoms with Gasteiger partial charge in [0.1, 0.15) is 6.54 Å². The highest BCUT2D eigenvalue weighted by Crippen LogP contribution is 2.18. The van der Waals surface area contributed by atoms with Gasteiger partial charge >= 0.3 is 0 Å². The lowest BCUT2D eigenvalue weighted by Crippen LogP contribution is -2.36. The highest BCUT2D eigenvalue weighted by atomic mass is 16.5. The van der Waals surface area contributed by atoms with Crippen LogP contribution in [-0.4, -0.2) is 44.3 Å². The zero-order chi connectivity index (χ0) is 23.5. The Morgan fingerprint density at radius 1 is 1.12 bits per heavy atom. The smallest absolute Gasteiger partial charge is 0.279 e. The largest absolute Gasteiger partial charge is 0.376 e. The standard InChI is InChI=1S/C26H27N5O3/c1-18-22(15-19-9-4-2-5-10-19)25(33)31-26(28-24(29-31)20-11-6-3-7-12-20)30(18)17-23(32)27-16-21-13-8-14-34-21/h2-7,9-12,21H,8,13-17H2,1H3,(H,27,32). The van der Waals surface area contributed by atoms with Crippen LogP contribution in [0.15, 0.2) is 65.5 Å². The molecule has 3 heterocycles. The Morgan fingerprint density at radius 2 is 1.85 bits per heavy atom. The Labute approximate surface area is 197 Å². The fourth-order valence-corrected chi connectivity index (χ4v) is 4.35. The predicted octanol–water partition coefficient (Wildman–Crippen LogP) is 2.75. The molecule has 4 aromatic rings. The molecule has 2 aromatic heterocycles. The van der Waals surface area contributed by atoms with Gasteiger partial charge in [0, 0.05) is 36.4 Å². The molecule has 1 amide bonds. The molecule has 1 atom stereocenters. The van der Waals surface area contributed by atoms with Crippen LogP contribution in [0.2, 0.25) is 0 Å². The molecule has 34 heavy (non-hydrogen) atoms. The molecule has 1 aliphatic heterocycles. The highest BCUT2D eigenvalue weighted by molar-refractivity contribution is 5.76. The maximum atomic E-state index is 13.5. The van der Waals surface area contributed by atoms with Crippen molar-refractivity contribution in [1.29, 1.82) is 0 Å². The number of carbonyl (C=O) groups excluding carboxylic acids is 1. The summed E-state index contributed by atoms with van der Waals surface area (Å²) in [5, 5.41) is 7.49. The Hall–Kier alpha value is -3.78. The van der Waals surface area contributed by atoms with Gasteiger partial charge in [-0.3, -0.25) is 9.59 Å². The van der Waals surface area contributed by atoms with Crippen molar-refractivity contribution >= 4 is 11.7 Å². The maximum Gasteiger partial charge on any atom is 0.279 e. The zero-order valence-electron chi connectivity index (χ0n) is 19.1. The quantitative estimate of drug-likeness (QED) is 0.461. The van der Waals surface area contributed by atoms with Crippen LogP contribution in [0.3, 0.4) is 0 Å². The van der Waals surface area contributed by atoms with E-state index in [0.29, 0.717) is 35.8 Å². The number of benzene rings is 2. The summed E-state index contributed by atoms with van der Waals surface area (Å²) in [6.45, 7) is 3.12. The van der Waals surface area contributed by atoms with Crippen LogP contribution in [0.1, 0.15) is 29.7 Å². The van der Waals surface area contributed by atoms with E-state index in [0.717, 1.165) is 30.6 Å². The van der Waals surface area contributed by atoms with Gasteiger partial charge in [-0.2, -0.15) is 9.50 Å². The van der Waals surface area contributed by atoms with Crippen molar-refractivity contribution in [1.82, 2.24) is 24.5 Å². The Balaban J connectivity index is 1.55. The maximum absolute atomic E-state index is 13.5. The van der Waals surface area contributed by atoms with Gasteiger partial charge in [-0.15, -0.1) is 5.10 Å². The van der Waals surface area contributed by atoms with E-state index in [4.69, 9.17) is 4.74 Å². The van der Waals surface area contributed by atoms with Crippen molar-refractivity contribution < 1.29 is 9.53 Å². The van der Waals surface area contributed by atoms with E-state index in [-0.39, 0.29) is 24.1 Å². The van der Waals surface area contributed by atoms with Gasteiger partial charge in [-0.1, -0.05) is 60.7 Å². The normalized spacial score (nSPS) is 15.6. The number of aromatic nitrogens is 4. The summed E-state index contributed by atoms with van der Waals surface area (Å²) in [4.78, 5) is 31.0. The Bertz CT molecular complexity index is 1360. The molecule has 1 fully saturated rings. The average Bonchev–Trinajstić information content (AvgIpc) is 3.55. The van der Waals surface area contributed by atoms with Crippen LogP contribution in [-0.2, 0) is 22.5 Å². The second-order valence-corrected chi connectivity index (χ2v) is 8.57. The van der Waals surface area contributed by atoms with E-state index in [2.05, 4.69) is 15.4 Å². The molecule has 2 aromatic carbocycles. The van der Waals surface area contributed by atoms with Crippen LogP contribution < -0.4 is 10.9 Å². The molecule has 8 heteroatoms. The Morgan fingerprint density at radius 3 is 2.56 bits per heavy atom. The van der Waals surface area contributed by atoms with E-state index in [1.807, 2.05) is 67.6 Å². The van der Waals surface area contributed by atoms with Gasteiger partial charge in [-0.05, 0) is 25.3 Å². The van der Waals surface area contributed by atoms with Crippen molar-refractivity contribution in [3.05, 3.63) is 87.8 Å². The van der Waals surface area contributed by atoms with Crippen molar-refractivity contribution in [3.8, 4) is 11.4 Å². The molecule has 1 N–H and O–H groups in total. The molecule has 0 saturated carbocycles. The first-order chi connectivity index (χ1) is 16.6. The fourth-order valence-electron chi connectivity index (χ4n) is 4.35. The number of nitrogens with zero attached hydrogens (tertiary/aromatic N) is 4. The van der Waals surface area contributed by atoms with Gasteiger partial charge in [0.15, 0.2) is 5.82 Å². The number of hydrogen-bond donors (Lipinski definition) is 1. The van der Waals surface area contributed by atoms with E-state index < -0.39 is 0 Å². The topological polar surface area (TPSA) is 90.5 Å². The third kappa shape index (κ3) is 4.49. The van der Waals surface area contributed by atoms with E-state index >= 15 is 0 Å². The van der Waals surface area contributed by atoms with Gasteiger partial charge in [0.25, 0.3) is 5.56 Å². The molecular weight excluding hydrogens is 430 g/mol.